The summed E-state index contributed by atoms with van der Waals surface area (Å²) in [6.07, 6.45) is 1.70. The number of hydrogen-bond acceptors (Lipinski definition) is 2. The highest BCUT2D eigenvalue weighted by Gasteiger charge is 2.13. The summed E-state index contributed by atoms with van der Waals surface area (Å²) in [6.45, 7) is 0.663. The van der Waals surface area contributed by atoms with Gasteiger partial charge in [0, 0.05) is 17.3 Å². The highest BCUT2D eigenvalue weighted by Crippen LogP contribution is 2.17. The average Bonchev–Trinajstić information content (AvgIpc) is 2.49. The van der Waals surface area contributed by atoms with Crippen LogP contribution in [0.25, 0.3) is 0 Å². The Hall–Kier alpha value is -1.64. The first-order chi connectivity index (χ1) is 5.79. The zero-order chi connectivity index (χ0) is 8.55. The van der Waals surface area contributed by atoms with Crippen LogP contribution in [0.5, 0.6) is 0 Å². The summed E-state index contributed by atoms with van der Waals surface area (Å²) >= 11 is 0. The van der Waals surface area contributed by atoms with Crippen molar-refractivity contribution in [3.8, 4) is 0 Å². The van der Waals surface area contributed by atoms with Gasteiger partial charge in [0.25, 0.3) is 0 Å². The van der Waals surface area contributed by atoms with Crippen molar-refractivity contribution in [3.63, 3.8) is 0 Å². The van der Waals surface area contributed by atoms with Gasteiger partial charge in [-0.05, 0) is 11.6 Å². The van der Waals surface area contributed by atoms with Crippen LogP contribution < -0.4 is 5.73 Å². The molecule has 12 heavy (non-hydrogen) atoms. The van der Waals surface area contributed by atoms with Crippen LogP contribution in [0.2, 0.25) is 0 Å². The van der Waals surface area contributed by atoms with E-state index in [0.29, 0.717) is 12.1 Å². The lowest BCUT2D eigenvalue weighted by atomic mass is 10.0. The number of benzene rings is 1. The normalized spacial score (nSPS) is 13.0. The van der Waals surface area contributed by atoms with E-state index >= 15 is 0 Å². The first-order valence-corrected chi connectivity index (χ1v) is 3.70. The molecular formula is C9H8N2O. The second-order valence-corrected chi connectivity index (χ2v) is 2.71. The molecule has 0 fully saturated rings. The molecular weight excluding hydrogens is 152 g/mol. The van der Waals surface area contributed by atoms with E-state index in [4.69, 9.17) is 5.73 Å². The quantitative estimate of drug-likeness (QED) is 0.646. The van der Waals surface area contributed by atoms with Crippen LogP contribution in [-0.2, 0) is 6.54 Å². The van der Waals surface area contributed by atoms with E-state index in [1.165, 1.54) is 0 Å². The number of rotatable bonds is 1. The first-order valence-electron chi connectivity index (χ1n) is 3.70. The van der Waals surface area contributed by atoms with Gasteiger partial charge in [0.2, 0.25) is 5.91 Å². The third-order valence-corrected chi connectivity index (χ3v) is 1.94. The van der Waals surface area contributed by atoms with Crippen molar-refractivity contribution < 1.29 is 4.79 Å². The van der Waals surface area contributed by atoms with Crippen LogP contribution in [0.4, 0.5) is 0 Å². The largest absolute Gasteiger partial charge is 0.366 e. The Labute approximate surface area is 69.9 Å². The van der Waals surface area contributed by atoms with Gasteiger partial charge in [0.1, 0.15) is 0 Å². The molecule has 1 aromatic rings. The number of amides is 1. The molecule has 0 aromatic heterocycles. The summed E-state index contributed by atoms with van der Waals surface area (Å²) in [5.74, 6) is -0.389. The molecule has 2 N–H and O–H groups in total. The summed E-state index contributed by atoms with van der Waals surface area (Å²) in [4.78, 5) is 15.0. The predicted octanol–water partition coefficient (Wildman–Crippen LogP) is 0.718. The molecule has 1 heterocycles. The summed E-state index contributed by atoms with van der Waals surface area (Å²) in [7, 11) is 0. The van der Waals surface area contributed by atoms with Crippen LogP contribution in [-0.4, -0.2) is 12.1 Å². The van der Waals surface area contributed by atoms with Crippen molar-refractivity contribution >= 4 is 12.1 Å². The molecule has 1 aliphatic heterocycles. The van der Waals surface area contributed by atoms with Crippen LogP contribution in [0.15, 0.2) is 23.2 Å². The van der Waals surface area contributed by atoms with Gasteiger partial charge < -0.3 is 5.73 Å². The standard InChI is InChI=1S/C9H8N2O/c10-9(12)7-3-1-2-6-4-11-5-8(6)7/h1-3,5H,4H2,(H2,10,12). The highest BCUT2D eigenvalue weighted by molar-refractivity contribution is 6.03. The average molecular weight is 160 g/mol. The molecule has 0 bridgehead atoms. The van der Waals surface area contributed by atoms with E-state index in [1.54, 1.807) is 12.3 Å². The number of nitrogens with zero attached hydrogens (tertiary/aromatic N) is 1. The molecule has 0 unspecified atom stereocenters. The van der Waals surface area contributed by atoms with E-state index in [9.17, 15) is 4.79 Å². The van der Waals surface area contributed by atoms with Crippen LogP contribution in [0.3, 0.4) is 0 Å². The van der Waals surface area contributed by atoms with Crippen molar-refractivity contribution in [1.82, 2.24) is 0 Å². The number of primary amides is 1. The van der Waals surface area contributed by atoms with Crippen LogP contribution >= 0.6 is 0 Å². The Morgan fingerprint density at radius 2 is 2.33 bits per heavy atom. The molecule has 0 spiro atoms. The maximum absolute atomic E-state index is 10.9. The molecule has 0 radical (unpaired) electrons. The first kappa shape index (κ1) is 7.03. The SMILES string of the molecule is NC(=O)c1cccc2c1C=NC2. The third kappa shape index (κ3) is 0.906. The van der Waals surface area contributed by atoms with Gasteiger partial charge in [0.15, 0.2) is 0 Å². The number of hydrogen-bond donors (Lipinski definition) is 1. The van der Waals surface area contributed by atoms with Gasteiger partial charge in [-0.15, -0.1) is 0 Å². The zero-order valence-electron chi connectivity index (χ0n) is 6.45. The van der Waals surface area contributed by atoms with Crippen molar-refractivity contribution in [1.29, 1.82) is 0 Å². The summed E-state index contributed by atoms with van der Waals surface area (Å²) < 4.78 is 0. The predicted molar refractivity (Wildman–Crippen MR) is 46.3 cm³/mol. The molecule has 0 atom stereocenters. The summed E-state index contributed by atoms with van der Waals surface area (Å²) in [6, 6.07) is 5.50. The molecule has 0 saturated carbocycles. The molecule has 3 heteroatoms. The van der Waals surface area contributed by atoms with Gasteiger partial charge >= 0.3 is 0 Å². The number of carbonyl (C=O) groups is 1. The topological polar surface area (TPSA) is 55.5 Å². The minimum absolute atomic E-state index is 0.389. The highest BCUT2D eigenvalue weighted by atomic mass is 16.1. The number of aliphatic imine (C=N–C) groups is 1. The maximum Gasteiger partial charge on any atom is 0.249 e. The molecule has 1 amide bonds. The zero-order valence-corrected chi connectivity index (χ0v) is 6.45. The second-order valence-electron chi connectivity index (χ2n) is 2.71. The van der Waals surface area contributed by atoms with Gasteiger partial charge in [-0.3, -0.25) is 9.79 Å². The van der Waals surface area contributed by atoms with Crippen LogP contribution in [0.1, 0.15) is 21.5 Å². The summed E-state index contributed by atoms with van der Waals surface area (Å²) in [5, 5.41) is 0. The Kier molecular flexibility index (Phi) is 1.43. The van der Waals surface area contributed by atoms with Crippen molar-refractivity contribution in [2.45, 2.75) is 6.54 Å². The molecule has 1 aromatic carbocycles. The third-order valence-electron chi connectivity index (χ3n) is 1.94. The fourth-order valence-corrected chi connectivity index (χ4v) is 1.35. The van der Waals surface area contributed by atoms with E-state index in [1.807, 2.05) is 12.1 Å². The van der Waals surface area contributed by atoms with Gasteiger partial charge in [-0.1, -0.05) is 12.1 Å². The molecule has 2 rings (SSSR count). The Bertz CT molecular complexity index is 369. The number of fused-ring (bicyclic) bond motifs is 1. The Balaban J connectivity index is 2.63. The van der Waals surface area contributed by atoms with Crippen molar-refractivity contribution in [3.05, 3.63) is 34.9 Å². The van der Waals surface area contributed by atoms with E-state index < -0.39 is 0 Å². The lowest BCUT2D eigenvalue weighted by molar-refractivity contribution is 0.1000. The Morgan fingerprint density at radius 3 is 3.08 bits per heavy atom. The van der Waals surface area contributed by atoms with E-state index in [0.717, 1.165) is 11.1 Å². The van der Waals surface area contributed by atoms with Crippen molar-refractivity contribution in [2.24, 2.45) is 10.7 Å². The number of carbonyl (C=O) groups excluding carboxylic acids is 1. The fourth-order valence-electron chi connectivity index (χ4n) is 1.35. The molecule has 0 aliphatic carbocycles. The maximum atomic E-state index is 10.9. The summed E-state index contributed by atoms with van der Waals surface area (Å²) in [5.41, 5.74) is 7.70. The molecule has 0 saturated heterocycles. The minimum Gasteiger partial charge on any atom is -0.366 e. The van der Waals surface area contributed by atoms with Gasteiger partial charge in [-0.2, -0.15) is 0 Å². The monoisotopic (exact) mass is 160 g/mol. The number of nitrogens with two attached hydrogens (primary N) is 1. The molecule has 60 valence electrons. The smallest absolute Gasteiger partial charge is 0.249 e. The van der Waals surface area contributed by atoms with E-state index in [-0.39, 0.29) is 5.91 Å². The van der Waals surface area contributed by atoms with Crippen LogP contribution in [0, 0.1) is 0 Å². The molecule has 1 aliphatic rings. The lowest BCUT2D eigenvalue weighted by Crippen LogP contribution is -2.13. The molecule has 3 nitrogen and oxygen atoms in total. The lowest BCUT2D eigenvalue weighted by Gasteiger charge is -2.00. The second kappa shape index (κ2) is 2.44. The van der Waals surface area contributed by atoms with E-state index in [2.05, 4.69) is 4.99 Å². The van der Waals surface area contributed by atoms with Gasteiger partial charge in [0.05, 0.1) is 6.54 Å². The minimum atomic E-state index is -0.389. The van der Waals surface area contributed by atoms with Gasteiger partial charge in [-0.25, -0.2) is 0 Å². The van der Waals surface area contributed by atoms with Crippen molar-refractivity contribution in [2.75, 3.05) is 0 Å². The fraction of sp³-hybridized carbons (Fsp3) is 0.111. The Morgan fingerprint density at radius 1 is 1.50 bits per heavy atom.